The van der Waals surface area contributed by atoms with Gasteiger partial charge in [-0.3, -0.25) is 0 Å². The molecule has 0 bridgehead atoms. The third kappa shape index (κ3) is 3.30. The third-order valence-electron chi connectivity index (χ3n) is 7.73. The van der Waals surface area contributed by atoms with Gasteiger partial charge in [-0.1, -0.05) is 103 Å². The quantitative estimate of drug-likeness (QED) is 0.237. The number of nitrogens with zero attached hydrogens (tertiary/aromatic N) is 1. The number of hydrogen-bond acceptors (Lipinski definition) is 3. The summed E-state index contributed by atoms with van der Waals surface area (Å²) in [6.45, 7) is 0. The van der Waals surface area contributed by atoms with Gasteiger partial charge in [0, 0.05) is 32.7 Å². The van der Waals surface area contributed by atoms with Gasteiger partial charge in [-0.15, -0.1) is 0 Å². The molecule has 0 aliphatic heterocycles. The SMILES string of the molecule is N#Cc1cccc(-c2c(-c3cccc4c3oc3ccccc34)cccc2-c2cccc3c2oc2ccccc23)c1. The van der Waals surface area contributed by atoms with Gasteiger partial charge < -0.3 is 8.83 Å². The smallest absolute Gasteiger partial charge is 0.143 e. The van der Waals surface area contributed by atoms with Gasteiger partial charge in [0.25, 0.3) is 0 Å². The number of fused-ring (bicyclic) bond motifs is 6. The zero-order chi connectivity index (χ0) is 26.6. The lowest BCUT2D eigenvalue weighted by atomic mass is 9.86. The molecule has 0 radical (unpaired) electrons. The summed E-state index contributed by atoms with van der Waals surface area (Å²) in [5, 5.41) is 14.1. The second-order valence-corrected chi connectivity index (χ2v) is 9.98. The van der Waals surface area contributed by atoms with Crippen molar-refractivity contribution in [1.29, 1.82) is 5.26 Å². The molecule has 8 rings (SSSR count). The number of rotatable bonds is 3. The van der Waals surface area contributed by atoms with E-state index >= 15 is 0 Å². The van der Waals surface area contributed by atoms with E-state index < -0.39 is 0 Å². The Kier molecular flexibility index (Phi) is 4.89. The Labute approximate surface area is 230 Å². The van der Waals surface area contributed by atoms with Gasteiger partial charge in [-0.25, -0.2) is 0 Å². The molecule has 186 valence electrons. The molecular formula is C37H21NO2. The molecule has 0 aliphatic rings. The summed E-state index contributed by atoms with van der Waals surface area (Å²) < 4.78 is 12.9. The highest BCUT2D eigenvalue weighted by Crippen LogP contribution is 2.46. The van der Waals surface area contributed by atoms with Crippen molar-refractivity contribution in [1.82, 2.24) is 0 Å². The van der Waals surface area contributed by atoms with Crippen molar-refractivity contribution in [3.8, 4) is 39.4 Å². The van der Waals surface area contributed by atoms with Gasteiger partial charge in [0.2, 0.25) is 0 Å². The van der Waals surface area contributed by atoms with Crippen molar-refractivity contribution >= 4 is 43.9 Å². The average molecular weight is 512 g/mol. The topological polar surface area (TPSA) is 50.1 Å². The number of hydrogen-bond donors (Lipinski definition) is 0. The van der Waals surface area contributed by atoms with Crippen LogP contribution in [-0.2, 0) is 0 Å². The number of nitriles is 1. The van der Waals surface area contributed by atoms with Crippen LogP contribution in [0.5, 0.6) is 0 Å². The van der Waals surface area contributed by atoms with E-state index in [9.17, 15) is 5.26 Å². The Morgan fingerprint density at radius 1 is 0.450 bits per heavy atom. The Morgan fingerprint density at radius 3 is 1.50 bits per heavy atom. The van der Waals surface area contributed by atoms with Crippen molar-refractivity contribution in [2.75, 3.05) is 0 Å². The molecule has 0 N–H and O–H groups in total. The lowest BCUT2D eigenvalue weighted by molar-refractivity contribution is 0.670. The minimum Gasteiger partial charge on any atom is -0.455 e. The minimum atomic E-state index is 0.613. The standard InChI is InChI=1S/C37H21NO2/c38-22-23-9-5-10-24(21-23)35-27(31-17-7-15-29-25-11-1-3-19-33(25)39-36(29)31)13-6-14-28(35)32-18-8-16-30-26-12-2-4-20-34(26)40-37(30)32/h1-21H. The molecule has 6 aromatic carbocycles. The van der Waals surface area contributed by atoms with Crippen LogP contribution >= 0.6 is 0 Å². The van der Waals surface area contributed by atoms with E-state index in [0.717, 1.165) is 77.3 Å². The molecule has 0 aliphatic carbocycles. The van der Waals surface area contributed by atoms with Gasteiger partial charge >= 0.3 is 0 Å². The monoisotopic (exact) mass is 511 g/mol. The first-order chi connectivity index (χ1) is 19.8. The molecule has 0 amide bonds. The van der Waals surface area contributed by atoms with E-state index in [0.29, 0.717) is 5.56 Å². The summed E-state index contributed by atoms with van der Waals surface area (Å²) in [5.41, 5.74) is 10.1. The molecule has 8 aromatic rings. The molecular weight excluding hydrogens is 490 g/mol. The zero-order valence-electron chi connectivity index (χ0n) is 21.4. The molecule has 3 nitrogen and oxygen atoms in total. The largest absolute Gasteiger partial charge is 0.455 e. The van der Waals surface area contributed by atoms with Gasteiger partial charge in [0.05, 0.1) is 11.6 Å². The molecule has 0 atom stereocenters. The highest BCUT2D eigenvalue weighted by Gasteiger charge is 2.21. The van der Waals surface area contributed by atoms with Gasteiger partial charge in [-0.05, 0) is 46.5 Å². The summed E-state index contributed by atoms with van der Waals surface area (Å²) in [5.74, 6) is 0. The third-order valence-corrected chi connectivity index (χ3v) is 7.73. The molecule has 0 spiro atoms. The fourth-order valence-electron chi connectivity index (χ4n) is 5.98. The predicted octanol–water partition coefficient (Wildman–Crippen LogP) is 10.4. The molecule has 0 unspecified atom stereocenters. The van der Waals surface area contributed by atoms with Gasteiger partial charge in [0.15, 0.2) is 0 Å². The highest BCUT2D eigenvalue weighted by atomic mass is 16.3. The Hall–Kier alpha value is -5.59. The van der Waals surface area contributed by atoms with Gasteiger partial charge in [0.1, 0.15) is 22.3 Å². The summed E-state index contributed by atoms with van der Waals surface area (Å²) in [6, 6.07) is 45.4. The second-order valence-electron chi connectivity index (χ2n) is 9.98. The fourth-order valence-corrected chi connectivity index (χ4v) is 5.98. The van der Waals surface area contributed by atoms with Crippen molar-refractivity contribution < 1.29 is 8.83 Å². The van der Waals surface area contributed by atoms with Crippen LogP contribution in [0.2, 0.25) is 0 Å². The van der Waals surface area contributed by atoms with Crippen LogP contribution in [0.3, 0.4) is 0 Å². The Morgan fingerprint density at radius 2 is 0.925 bits per heavy atom. The van der Waals surface area contributed by atoms with Crippen LogP contribution in [-0.4, -0.2) is 0 Å². The highest BCUT2D eigenvalue weighted by molar-refractivity contribution is 6.14. The molecule has 0 saturated heterocycles. The van der Waals surface area contributed by atoms with Crippen LogP contribution in [0.1, 0.15) is 5.56 Å². The Balaban J connectivity index is 1.49. The van der Waals surface area contributed by atoms with E-state index in [1.165, 1.54) is 0 Å². The van der Waals surface area contributed by atoms with E-state index in [2.05, 4.69) is 78.9 Å². The summed E-state index contributed by atoms with van der Waals surface area (Å²) in [6.07, 6.45) is 0. The molecule has 0 saturated carbocycles. The molecule has 2 aromatic heterocycles. The normalized spacial score (nSPS) is 11.5. The minimum absolute atomic E-state index is 0.613. The maximum Gasteiger partial charge on any atom is 0.143 e. The molecule has 0 fully saturated rings. The lowest BCUT2D eigenvalue weighted by Crippen LogP contribution is -1.92. The van der Waals surface area contributed by atoms with Crippen LogP contribution in [0.25, 0.3) is 77.3 Å². The Bertz CT molecular complexity index is 2160. The van der Waals surface area contributed by atoms with Crippen molar-refractivity contribution in [3.05, 3.63) is 133 Å². The predicted molar refractivity (Wildman–Crippen MR) is 162 cm³/mol. The fraction of sp³-hybridized carbons (Fsp3) is 0. The van der Waals surface area contributed by atoms with Crippen molar-refractivity contribution in [2.24, 2.45) is 0 Å². The molecule has 3 heteroatoms. The second kappa shape index (κ2) is 8.73. The van der Waals surface area contributed by atoms with E-state index in [-0.39, 0.29) is 0 Å². The maximum atomic E-state index is 9.75. The van der Waals surface area contributed by atoms with Crippen molar-refractivity contribution in [2.45, 2.75) is 0 Å². The van der Waals surface area contributed by atoms with E-state index in [1.807, 2.05) is 54.6 Å². The van der Waals surface area contributed by atoms with Gasteiger partial charge in [-0.2, -0.15) is 5.26 Å². The average Bonchev–Trinajstić information content (AvgIpc) is 3.59. The number of benzene rings is 6. The lowest BCUT2D eigenvalue weighted by Gasteiger charge is -2.17. The van der Waals surface area contributed by atoms with Crippen molar-refractivity contribution in [3.63, 3.8) is 0 Å². The van der Waals surface area contributed by atoms with E-state index in [4.69, 9.17) is 8.83 Å². The summed E-state index contributed by atoms with van der Waals surface area (Å²) in [4.78, 5) is 0. The zero-order valence-corrected chi connectivity index (χ0v) is 21.4. The van der Waals surface area contributed by atoms with Crippen LogP contribution in [0, 0.1) is 11.3 Å². The van der Waals surface area contributed by atoms with Crippen LogP contribution < -0.4 is 0 Å². The maximum absolute atomic E-state index is 9.75. The number of furan rings is 2. The first kappa shape index (κ1) is 22.4. The summed E-state index contributed by atoms with van der Waals surface area (Å²) in [7, 11) is 0. The first-order valence-electron chi connectivity index (χ1n) is 13.2. The van der Waals surface area contributed by atoms with Crippen LogP contribution in [0.15, 0.2) is 136 Å². The number of para-hydroxylation sites is 4. The first-order valence-corrected chi connectivity index (χ1v) is 13.2. The van der Waals surface area contributed by atoms with Crippen LogP contribution in [0.4, 0.5) is 0 Å². The molecule has 2 heterocycles. The summed E-state index contributed by atoms with van der Waals surface area (Å²) >= 11 is 0. The van der Waals surface area contributed by atoms with E-state index in [1.54, 1.807) is 0 Å². The molecule has 40 heavy (non-hydrogen) atoms.